The Labute approximate surface area is 244 Å². The SMILES string of the molecule is CCN(CCO)CCCC(C)N(C(=O)SCCCC(=O)NC(P(O)O)P(=O)(O)O)c1ccnc2cc(Cl)ccc12. The van der Waals surface area contributed by atoms with E-state index in [0.717, 1.165) is 36.7 Å². The third-order valence-corrected chi connectivity index (χ3v) is 10.2. The van der Waals surface area contributed by atoms with E-state index in [2.05, 4.69) is 9.88 Å². The quantitative estimate of drug-likeness (QED) is 0.116. The fourth-order valence-corrected chi connectivity index (χ4v) is 6.79. The van der Waals surface area contributed by atoms with Gasteiger partial charge in [0.05, 0.1) is 17.8 Å². The first-order chi connectivity index (χ1) is 18.9. The zero-order valence-electron chi connectivity index (χ0n) is 22.4. The van der Waals surface area contributed by atoms with Gasteiger partial charge in [-0.2, -0.15) is 0 Å². The Bertz CT molecular complexity index is 1170. The van der Waals surface area contributed by atoms with Crippen molar-refractivity contribution in [2.45, 2.75) is 51.1 Å². The average molecular weight is 639 g/mol. The van der Waals surface area contributed by atoms with E-state index in [4.69, 9.17) is 11.6 Å². The summed E-state index contributed by atoms with van der Waals surface area (Å²) >= 11 is 7.16. The van der Waals surface area contributed by atoms with Crippen molar-refractivity contribution in [3.05, 3.63) is 35.5 Å². The van der Waals surface area contributed by atoms with Crippen LogP contribution in [0.1, 0.15) is 39.5 Å². The number of amides is 2. The van der Waals surface area contributed by atoms with Gasteiger partial charge in [-0.1, -0.05) is 30.3 Å². The molecule has 0 aliphatic rings. The van der Waals surface area contributed by atoms with Gasteiger partial charge >= 0.3 is 7.60 Å². The molecule has 1 heterocycles. The molecular formula is C24H37ClN4O8P2S. The second-order valence-corrected chi connectivity index (χ2v) is 13.8. The van der Waals surface area contributed by atoms with Gasteiger partial charge in [0.25, 0.3) is 5.24 Å². The number of aliphatic hydroxyl groups excluding tert-OH is 1. The highest BCUT2D eigenvalue weighted by atomic mass is 35.5. The minimum Gasteiger partial charge on any atom is -0.395 e. The third-order valence-electron chi connectivity index (χ3n) is 6.14. The first-order valence-corrected chi connectivity index (χ1v) is 17.1. The fourth-order valence-electron chi connectivity index (χ4n) is 4.10. The van der Waals surface area contributed by atoms with Crippen LogP contribution in [0.3, 0.4) is 0 Å². The van der Waals surface area contributed by atoms with E-state index in [0.29, 0.717) is 29.2 Å². The summed E-state index contributed by atoms with van der Waals surface area (Å²) in [4.78, 5) is 70.7. The van der Waals surface area contributed by atoms with E-state index in [-0.39, 0.29) is 36.5 Å². The highest BCUT2D eigenvalue weighted by Crippen LogP contribution is 2.53. The lowest BCUT2D eigenvalue weighted by Crippen LogP contribution is -2.37. The molecule has 1 aromatic carbocycles. The highest BCUT2D eigenvalue weighted by Gasteiger charge is 2.36. The van der Waals surface area contributed by atoms with Crippen molar-refractivity contribution in [3.63, 3.8) is 0 Å². The molecule has 0 spiro atoms. The highest BCUT2D eigenvalue weighted by molar-refractivity contribution is 8.13. The van der Waals surface area contributed by atoms with Gasteiger partial charge < -0.3 is 34.9 Å². The number of likely N-dealkylation sites (N-methyl/N-ethyl adjacent to an activating group) is 1. The molecule has 0 radical (unpaired) electrons. The Kier molecular flexibility index (Phi) is 14.7. The number of pyridine rings is 1. The van der Waals surface area contributed by atoms with Crippen molar-refractivity contribution >= 4 is 67.1 Å². The van der Waals surface area contributed by atoms with E-state index >= 15 is 0 Å². The van der Waals surface area contributed by atoms with Crippen molar-refractivity contribution in [3.8, 4) is 0 Å². The molecule has 224 valence electrons. The maximum Gasteiger partial charge on any atom is 0.356 e. The van der Waals surface area contributed by atoms with Crippen LogP contribution in [0.2, 0.25) is 5.02 Å². The molecule has 0 saturated carbocycles. The number of rotatable bonds is 16. The molecule has 16 heteroatoms. The summed E-state index contributed by atoms with van der Waals surface area (Å²) in [6.45, 7) is 6.23. The topological polar surface area (TPSA) is 184 Å². The predicted octanol–water partition coefficient (Wildman–Crippen LogP) is 3.68. The van der Waals surface area contributed by atoms with Crippen LogP contribution in [0.25, 0.3) is 10.9 Å². The van der Waals surface area contributed by atoms with E-state index in [1.54, 1.807) is 29.3 Å². The van der Waals surface area contributed by atoms with E-state index in [9.17, 15) is 38.8 Å². The number of fused-ring (bicyclic) bond motifs is 1. The number of nitrogens with zero attached hydrogens (tertiary/aromatic N) is 3. The molecule has 40 heavy (non-hydrogen) atoms. The van der Waals surface area contributed by atoms with Gasteiger partial charge in [0.15, 0.2) is 0 Å². The Morgan fingerprint density at radius 3 is 2.55 bits per heavy atom. The molecule has 2 amide bonds. The van der Waals surface area contributed by atoms with Gasteiger partial charge in [-0.05, 0) is 63.5 Å². The number of aromatic nitrogens is 1. The minimum absolute atomic E-state index is 0.0791. The Balaban J connectivity index is 2.12. The molecule has 2 atom stereocenters. The molecule has 12 nitrogen and oxygen atoms in total. The van der Waals surface area contributed by atoms with E-state index in [1.807, 2.05) is 25.2 Å². The van der Waals surface area contributed by atoms with Crippen LogP contribution in [-0.4, -0.2) is 89.3 Å². The molecule has 1 aromatic heterocycles. The summed E-state index contributed by atoms with van der Waals surface area (Å²) < 4.78 is 11.4. The van der Waals surface area contributed by atoms with Crippen LogP contribution in [0, 0.1) is 0 Å². The maximum absolute atomic E-state index is 13.5. The fraction of sp³-hybridized carbons (Fsp3) is 0.542. The van der Waals surface area contributed by atoms with Crippen LogP contribution >= 0.6 is 39.3 Å². The largest absolute Gasteiger partial charge is 0.395 e. The lowest BCUT2D eigenvalue weighted by atomic mass is 10.1. The van der Waals surface area contributed by atoms with Crippen molar-refractivity contribution < 1.29 is 38.8 Å². The Morgan fingerprint density at radius 2 is 1.93 bits per heavy atom. The zero-order valence-corrected chi connectivity index (χ0v) is 25.7. The molecule has 2 aromatic rings. The number of thioether (sulfide) groups is 1. The van der Waals surface area contributed by atoms with Crippen molar-refractivity contribution in [1.82, 2.24) is 15.2 Å². The summed E-state index contributed by atoms with van der Waals surface area (Å²) in [5, 5.41) is 12.3. The number of anilines is 1. The second-order valence-electron chi connectivity index (χ2n) is 9.08. The molecule has 0 fully saturated rings. The first-order valence-electron chi connectivity index (χ1n) is 12.7. The molecule has 2 unspecified atom stereocenters. The monoisotopic (exact) mass is 638 g/mol. The number of hydrogen-bond donors (Lipinski definition) is 6. The number of hydrogen-bond acceptors (Lipinski definition) is 9. The second kappa shape index (κ2) is 16.9. The summed E-state index contributed by atoms with van der Waals surface area (Å²) in [5.74, 6) is -0.513. The van der Waals surface area contributed by atoms with Crippen LogP contribution in [0.15, 0.2) is 30.5 Å². The first kappa shape index (κ1) is 34.8. The van der Waals surface area contributed by atoms with Crippen molar-refractivity contribution in [1.29, 1.82) is 0 Å². The Morgan fingerprint density at radius 1 is 1.20 bits per heavy atom. The van der Waals surface area contributed by atoms with Gasteiger partial charge in [0.1, 0.15) is 0 Å². The number of aliphatic hydroxyl groups is 1. The maximum atomic E-state index is 13.5. The van der Waals surface area contributed by atoms with Gasteiger partial charge in [-0.25, -0.2) is 0 Å². The van der Waals surface area contributed by atoms with Gasteiger partial charge in [0, 0.05) is 41.4 Å². The summed E-state index contributed by atoms with van der Waals surface area (Å²) in [6, 6.07) is 6.86. The van der Waals surface area contributed by atoms with Crippen LogP contribution < -0.4 is 10.2 Å². The van der Waals surface area contributed by atoms with E-state index in [1.165, 1.54) is 0 Å². The van der Waals surface area contributed by atoms with Crippen LogP contribution in [0.4, 0.5) is 10.5 Å². The van der Waals surface area contributed by atoms with Gasteiger partial charge in [-0.15, -0.1) is 0 Å². The molecular weight excluding hydrogens is 602 g/mol. The number of carbonyl (C=O) groups is 2. The van der Waals surface area contributed by atoms with Gasteiger partial charge in [0.2, 0.25) is 19.8 Å². The van der Waals surface area contributed by atoms with Crippen molar-refractivity contribution in [2.75, 3.05) is 36.9 Å². The summed E-state index contributed by atoms with van der Waals surface area (Å²) in [6.07, 6.45) is 3.17. The third kappa shape index (κ3) is 10.8. The van der Waals surface area contributed by atoms with Crippen LogP contribution in [-0.2, 0) is 9.36 Å². The molecule has 0 saturated heterocycles. The van der Waals surface area contributed by atoms with Gasteiger partial charge in [-0.3, -0.25) is 24.0 Å². The smallest absolute Gasteiger partial charge is 0.356 e. The molecule has 6 N–H and O–H groups in total. The number of benzene rings is 1. The summed E-state index contributed by atoms with van der Waals surface area (Å²) in [7, 11) is -8.02. The lowest BCUT2D eigenvalue weighted by molar-refractivity contribution is -0.121. The number of nitrogens with one attached hydrogen (secondary N) is 1. The Hall–Kier alpha value is -1.37. The average Bonchev–Trinajstić information content (AvgIpc) is 2.88. The molecule has 0 bridgehead atoms. The normalized spacial score (nSPS) is 13.6. The zero-order chi connectivity index (χ0) is 29.9. The summed E-state index contributed by atoms with van der Waals surface area (Å²) in [5.41, 5.74) is -0.741. The van der Waals surface area contributed by atoms with Crippen molar-refractivity contribution in [2.24, 2.45) is 0 Å². The van der Waals surface area contributed by atoms with Crippen LogP contribution in [0.5, 0.6) is 0 Å². The minimum atomic E-state index is -4.94. The lowest BCUT2D eigenvalue weighted by Gasteiger charge is -2.30. The predicted molar refractivity (Wildman–Crippen MR) is 160 cm³/mol. The molecule has 2 rings (SSSR count). The molecule has 0 aliphatic heterocycles. The van der Waals surface area contributed by atoms with E-state index < -0.39 is 27.4 Å². The number of halogens is 1. The number of carbonyl (C=O) groups excluding carboxylic acids is 2. The standard InChI is InChI=1S/C24H37ClN4O8P2S/c1-3-28(13-14-30)12-4-6-17(2)29(21-10-11-26-20-16-18(25)8-9-19(20)21)24(32)40-15-5-7-22(31)27-23(38(33)34)39(35,36)37/h8-11,16-17,23,30,33-34H,3-7,12-15H2,1-2H3,(H,27,31)(H2,35,36,37). The molecule has 0 aliphatic carbocycles.